The molecule has 1 aliphatic rings. The van der Waals surface area contributed by atoms with E-state index in [-0.39, 0.29) is 31.6 Å². The molecule has 3 rings (SSSR count). The Kier molecular flexibility index (Phi) is 9.35. The monoisotopic (exact) mass is 540 g/mol. The predicted octanol–water partition coefficient (Wildman–Crippen LogP) is 3.29. The number of nitrogens with two attached hydrogens (primary N) is 1. The molecule has 0 saturated heterocycles. The van der Waals surface area contributed by atoms with Crippen LogP contribution in [0.1, 0.15) is 45.7 Å². The summed E-state index contributed by atoms with van der Waals surface area (Å²) in [6, 6.07) is 15.7. The molecule has 0 aliphatic carbocycles. The van der Waals surface area contributed by atoms with Gasteiger partial charge in [0.05, 0.1) is 24.3 Å². The molecule has 1 aliphatic heterocycles. The molecule has 4 N–H and O–H groups in total. The number of nitrogens with zero attached hydrogens (tertiary/aromatic N) is 1. The van der Waals surface area contributed by atoms with Crippen molar-refractivity contribution in [1.82, 2.24) is 15.5 Å². The lowest BCUT2D eigenvalue weighted by atomic mass is 9.90. The number of carbonyl (C=O) groups excluding carboxylic acids is 3. The van der Waals surface area contributed by atoms with Gasteiger partial charge in [-0.2, -0.15) is 0 Å². The lowest BCUT2D eigenvalue weighted by Crippen LogP contribution is -2.58. The smallest absolute Gasteiger partial charge is 0.252 e. The Balaban J connectivity index is 1.87. The van der Waals surface area contributed by atoms with Gasteiger partial charge in [-0.3, -0.25) is 14.4 Å². The number of rotatable bonds is 11. The molecule has 2 aromatic rings. The van der Waals surface area contributed by atoms with Gasteiger partial charge >= 0.3 is 0 Å². The standard InChI is InChI=1S/C29H37ClN4O4/c1-6-34(16-22-24(25(35)33-29(22,4)5)20-12-14-21(30)15-13-20)26(36)23(32-27(37)28(2,3)31)18-38-17-19-10-8-7-9-11-19/h7-15,23H,6,16-18,31H2,1-5H3,(H,32,37)(H,33,35)/t23-/m1/s1. The first kappa shape index (κ1) is 29.4. The summed E-state index contributed by atoms with van der Waals surface area (Å²) in [4.78, 5) is 41.1. The highest BCUT2D eigenvalue weighted by molar-refractivity contribution is 6.31. The van der Waals surface area contributed by atoms with Crippen molar-refractivity contribution >= 4 is 34.9 Å². The first-order valence-corrected chi connectivity index (χ1v) is 13.0. The van der Waals surface area contributed by atoms with Crippen molar-refractivity contribution in [3.8, 4) is 0 Å². The minimum absolute atomic E-state index is 0.0320. The second-order valence-corrected chi connectivity index (χ2v) is 11.0. The third-order valence-corrected chi connectivity index (χ3v) is 6.72. The summed E-state index contributed by atoms with van der Waals surface area (Å²) < 4.78 is 5.85. The Morgan fingerprint density at radius 2 is 1.76 bits per heavy atom. The summed E-state index contributed by atoms with van der Waals surface area (Å²) >= 11 is 6.06. The van der Waals surface area contributed by atoms with Crippen LogP contribution in [-0.4, -0.2) is 59.4 Å². The first-order chi connectivity index (χ1) is 17.8. The molecule has 1 heterocycles. The molecule has 0 saturated carbocycles. The minimum atomic E-state index is -1.18. The molecule has 0 aromatic heterocycles. The lowest BCUT2D eigenvalue weighted by molar-refractivity contribution is -0.139. The van der Waals surface area contributed by atoms with Gasteiger partial charge in [-0.15, -0.1) is 0 Å². The van der Waals surface area contributed by atoms with Crippen molar-refractivity contribution in [1.29, 1.82) is 0 Å². The molecule has 3 amide bonds. The van der Waals surface area contributed by atoms with Crippen molar-refractivity contribution in [2.24, 2.45) is 5.73 Å². The number of amides is 3. The van der Waals surface area contributed by atoms with Gasteiger partial charge in [0.2, 0.25) is 11.8 Å². The van der Waals surface area contributed by atoms with Crippen LogP contribution in [0.15, 0.2) is 60.2 Å². The zero-order valence-electron chi connectivity index (χ0n) is 22.6. The maximum absolute atomic E-state index is 13.8. The van der Waals surface area contributed by atoms with E-state index < -0.39 is 23.0 Å². The Labute approximate surface area is 229 Å². The van der Waals surface area contributed by atoms with E-state index in [1.54, 1.807) is 43.0 Å². The fourth-order valence-electron chi connectivity index (χ4n) is 4.21. The molecule has 0 spiro atoms. The molecule has 8 nitrogen and oxygen atoms in total. The largest absolute Gasteiger partial charge is 0.374 e. The van der Waals surface area contributed by atoms with E-state index in [4.69, 9.17) is 22.1 Å². The topological polar surface area (TPSA) is 114 Å². The highest BCUT2D eigenvalue weighted by Gasteiger charge is 2.40. The van der Waals surface area contributed by atoms with Gasteiger partial charge in [0.15, 0.2) is 0 Å². The summed E-state index contributed by atoms with van der Waals surface area (Å²) in [6.45, 7) is 9.62. The number of benzene rings is 2. The lowest BCUT2D eigenvalue weighted by Gasteiger charge is -2.32. The average molecular weight is 541 g/mol. The van der Waals surface area contributed by atoms with Crippen molar-refractivity contribution < 1.29 is 19.1 Å². The van der Waals surface area contributed by atoms with E-state index in [1.807, 2.05) is 51.1 Å². The summed E-state index contributed by atoms with van der Waals surface area (Å²) in [7, 11) is 0. The van der Waals surface area contributed by atoms with Crippen LogP contribution in [0.5, 0.6) is 0 Å². The van der Waals surface area contributed by atoms with Crippen LogP contribution in [0.25, 0.3) is 5.57 Å². The predicted molar refractivity (Wildman–Crippen MR) is 149 cm³/mol. The van der Waals surface area contributed by atoms with Gasteiger partial charge in [0, 0.05) is 23.7 Å². The van der Waals surface area contributed by atoms with Gasteiger partial charge in [-0.05, 0) is 63.5 Å². The van der Waals surface area contributed by atoms with Crippen molar-refractivity contribution in [2.45, 2.75) is 58.3 Å². The van der Waals surface area contributed by atoms with Crippen LogP contribution in [0.4, 0.5) is 0 Å². The van der Waals surface area contributed by atoms with Gasteiger partial charge in [0.1, 0.15) is 6.04 Å². The molecule has 0 unspecified atom stereocenters. The van der Waals surface area contributed by atoms with Crippen LogP contribution in [-0.2, 0) is 25.7 Å². The maximum atomic E-state index is 13.8. The minimum Gasteiger partial charge on any atom is -0.374 e. The molecule has 204 valence electrons. The number of carbonyl (C=O) groups is 3. The van der Waals surface area contributed by atoms with E-state index in [2.05, 4.69) is 10.6 Å². The van der Waals surface area contributed by atoms with Crippen LogP contribution in [0.2, 0.25) is 5.02 Å². The van der Waals surface area contributed by atoms with E-state index in [0.717, 1.165) is 16.7 Å². The Bertz CT molecular complexity index is 1190. The summed E-state index contributed by atoms with van der Waals surface area (Å²) in [5, 5.41) is 6.35. The van der Waals surface area contributed by atoms with Crippen LogP contribution in [0.3, 0.4) is 0 Å². The van der Waals surface area contributed by atoms with Crippen molar-refractivity contribution in [3.05, 3.63) is 76.3 Å². The van der Waals surface area contributed by atoms with Crippen molar-refractivity contribution in [3.63, 3.8) is 0 Å². The number of likely N-dealkylation sites (N-methyl/N-ethyl adjacent to an activating group) is 1. The highest BCUT2D eigenvalue weighted by atomic mass is 35.5. The Morgan fingerprint density at radius 3 is 2.34 bits per heavy atom. The third-order valence-electron chi connectivity index (χ3n) is 6.47. The number of hydrogen-bond acceptors (Lipinski definition) is 5. The number of ether oxygens (including phenoxy) is 1. The zero-order chi connectivity index (χ0) is 28.1. The number of nitrogens with one attached hydrogen (secondary N) is 2. The van der Waals surface area contributed by atoms with Crippen LogP contribution in [0, 0.1) is 0 Å². The summed E-state index contributed by atoms with van der Waals surface area (Å²) in [5.41, 5.74) is 7.09. The molecule has 9 heteroatoms. The fourth-order valence-corrected chi connectivity index (χ4v) is 4.34. The quantitative estimate of drug-likeness (QED) is 0.405. The first-order valence-electron chi connectivity index (χ1n) is 12.7. The zero-order valence-corrected chi connectivity index (χ0v) is 23.4. The number of hydrogen-bond donors (Lipinski definition) is 3. The molecule has 0 fully saturated rings. The SMILES string of the molecule is CCN(CC1=C(c2ccc(Cl)cc2)C(=O)NC1(C)C)C(=O)[C@@H](COCc1ccccc1)NC(=O)C(C)(C)N. The van der Waals surface area contributed by atoms with Gasteiger partial charge in [0.25, 0.3) is 5.91 Å². The molecule has 1 atom stereocenters. The third kappa shape index (κ3) is 7.22. The Morgan fingerprint density at radius 1 is 1.13 bits per heavy atom. The van der Waals surface area contributed by atoms with Gasteiger partial charge < -0.3 is 26.0 Å². The molecule has 38 heavy (non-hydrogen) atoms. The number of halogens is 1. The fraction of sp³-hybridized carbons (Fsp3) is 0.414. The normalized spacial score (nSPS) is 15.7. The average Bonchev–Trinajstić information content (AvgIpc) is 3.08. The maximum Gasteiger partial charge on any atom is 0.252 e. The van der Waals surface area contributed by atoms with Crippen LogP contribution >= 0.6 is 11.6 Å². The molecule has 2 aromatic carbocycles. The molecular weight excluding hydrogens is 504 g/mol. The molecule has 0 radical (unpaired) electrons. The van der Waals surface area contributed by atoms with E-state index in [9.17, 15) is 14.4 Å². The molecular formula is C29H37ClN4O4. The second kappa shape index (κ2) is 12.1. The highest BCUT2D eigenvalue weighted by Crippen LogP contribution is 2.34. The van der Waals surface area contributed by atoms with Crippen LogP contribution < -0.4 is 16.4 Å². The Hall–Kier alpha value is -3.20. The van der Waals surface area contributed by atoms with Gasteiger partial charge in [-0.1, -0.05) is 54.1 Å². The van der Waals surface area contributed by atoms with Crippen molar-refractivity contribution in [2.75, 3.05) is 19.7 Å². The van der Waals surface area contributed by atoms with E-state index >= 15 is 0 Å². The van der Waals surface area contributed by atoms with E-state index in [0.29, 0.717) is 17.1 Å². The van der Waals surface area contributed by atoms with Gasteiger partial charge in [-0.25, -0.2) is 0 Å². The van der Waals surface area contributed by atoms with E-state index in [1.165, 1.54) is 0 Å². The molecule has 0 bridgehead atoms. The second-order valence-electron chi connectivity index (χ2n) is 10.5. The summed E-state index contributed by atoms with van der Waals surface area (Å²) in [6.07, 6.45) is 0. The summed E-state index contributed by atoms with van der Waals surface area (Å²) in [5.74, 6) is -0.998.